The summed E-state index contributed by atoms with van der Waals surface area (Å²) in [6, 6.07) is 9.98. The monoisotopic (exact) mass is 408 g/mol. The van der Waals surface area contributed by atoms with E-state index in [1.807, 2.05) is 11.8 Å². The van der Waals surface area contributed by atoms with Crippen molar-refractivity contribution in [2.45, 2.75) is 19.4 Å². The Morgan fingerprint density at radius 2 is 1.83 bits per heavy atom. The lowest BCUT2D eigenvalue weighted by molar-refractivity contribution is -0.123. The highest BCUT2D eigenvalue weighted by Gasteiger charge is 2.43. The molecule has 8 nitrogen and oxygen atoms in total. The van der Waals surface area contributed by atoms with Gasteiger partial charge in [-0.25, -0.2) is 4.90 Å². The van der Waals surface area contributed by atoms with Crippen LogP contribution < -0.4 is 9.64 Å². The fourth-order valence-electron chi connectivity index (χ4n) is 3.94. The fourth-order valence-corrected chi connectivity index (χ4v) is 3.94. The smallest absolute Gasteiger partial charge is 0.255 e. The summed E-state index contributed by atoms with van der Waals surface area (Å²) in [4.78, 5) is 47.2. The van der Waals surface area contributed by atoms with Crippen molar-refractivity contribution in [3.05, 3.63) is 54.4 Å². The van der Waals surface area contributed by atoms with Crippen molar-refractivity contribution in [2.24, 2.45) is 0 Å². The Hall–Kier alpha value is -3.26. The molecule has 1 aromatic heterocycles. The molecule has 2 aliphatic heterocycles. The van der Waals surface area contributed by atoms with Gasteiger partial charge in [0, 0.05) is 38.6 Å². The molecular weight excluding hydrogens is 384 g/mol. The number of nitrogens with zero attached hydrogens (tertiary/aromatic N) is 4. The first kappa shape index (κ1) is 20.0. The summed E-state index contributed by atoms with van der Waals surface area (Å²) < 4.78 is 5.42. The Morgan fingerprint density at radius 3 is 2.47 bits per heavy atom. The van der Waals surface area contributed by atoms with Gasteiger partial charge in [0.2, 0.25) is 5.91 Å². The van der Waals surface area contributed by atoms with Crippen LogP contribution in [0.4, 0.5) is 5.69 Å². The van der Waals surface area contributed by atoms with Gasteiger partial charge in [0.05, 0.1) is 30.3 Å². The largest absolute Gasteiger partial charge is 0.494 e. The summed E-state index contributed by atoms with van der Waals surface area (Å²) in [6.45, 7) is 4.57. The molecule has 1 unspecified atom stereocenters. The van der Waals surface area contributed by atoms with E-state index < -0.39 is 6.04 Å². The summed E-state index contributed by atoms with van der Waals surface area (Å²) in [7, 11) is 0. The van der Waals surface area contributed by atoms with E-state index in [-0.39, 0.29) is 24.1 Å². The maximum atomic E-state index is 13.0. The van der Waals surface area contributed by atoms with Gasteiger partial charge in [0.1, 0.15) is 5.75 Å². The Kier molecular flexibility index (Phi) is 5.76. The number of benzene rings is 1. The molecule has 0 spiro atoms. The van der Waals surface area contributed by atoms with Crippen LogP contribution in [0, 0.1) is 0 Å². The van der Waals surface area contributed by atoms with Crippen LogP contribution >= 0.6 is 0 Å². The van der Waals surface area contributed by atoms with Crippen LogP contribution in [0.5, 0.6) is 5.75 Å². The van der Waals surface area contributed by atoms with Crippen molar-refractivity contribution in [3.63, 3.8) is 0 Å². The number of amides is 3. The number of piperazine rings is 1. The second-order valence-corrected chi connectivity index (χ2v) is 7.28. The third kappa shape index (κ3) is 3.91. The molecule has 3 amide bonds. The maximum Gasteiger partial charge on any atom is 0.255 e. The Balaban J connectivity index is 1.39. The number of carbonyl (C=O) groups is 3. The zero-order valence-corrected chi connectivity index (χ0v) is 16.9. The van der Waals surface area contributed by atoms with Gasteiger partial charge < -0.3 is 9.64 Å². The number of aromatic nitrogens is 1. The van der Waals surface area contributed by atoms with Crippen molar-refractivity contribution >= 4 is 23.4 Å². The van der Waals surface area contributed by atoms with Crippen molar-refractivity contribution in [1.29, 1.82) is 0 Å². The van der Waals surface area contributed by atoms with E-state index >= 15 is 0 Å². The number of ether oxygens (including phenoxy) is 1. The molecule has 0 N–H and O–H groups in total. The minimum Gasteiger partial charge on any atom is -0.494 e. The van der Waals surface area contributed by atoms with Gasteiger partial charge in [-0.15, -0.1) is 0 Å². The summed E-state index contributed by atoms with van der Waals surface area (Å²) in [6.07, 6.45) is 3.35. The Labute approximate surface area is 175 Å². The first-order chi connectivity index (χ1) is 14.6. The minimum absolute atomic E-state index is 0.0624. The molecule has 0 bridgehead atoms. The predicted molar refractivity (Wildman–Crippen MR) is 110 cm³/mol. The van der Waals surface area contributed by atoms with E-state index in [0.29, 0.717) is 49.8 Å². The third-order valence-corrected chi connectivity index (χ3v) is 5.48. The molecule has 0 saturated carbocycles. The van der Waals surface area contributed by atoms with E-state index in [1.165, 1.54) is 4.90 Å². The highest BCUT2D eigenvalue weighted by atomic mass is 16.5. The molecule has 0 radical (unpaired) electrons. The van der Waals surface area contributed by atoms with Gasteiger partial charge in [0.25, 0.3) is 11.8 Å². The van der Waals surface area contributed by atoms with Gasteiger partial charge in [-0.2, -0.15) is 0 Å². The molecule has 1 atom stereocenters. The lowest BCUT2D eigenvalue weighted by atomic mass is 10.1. The van der Waals surface area contributed by atoms with Gasteiger partial charge in [-0.05, 0) is 43.3 Å². The lowest BCUT2D eigenvalue weighted by Crippen LogP contribution is -2.53. The van der Waals surface area contributed by atoms with Gasteiger partial charge in [-0.3, -0.25) is 24.3 Å². The van der Waals surface area contributed by atoms with Crippen LogP contribution in [0.25, 0.3) is 0 Å². The van der Waals surface area contributed by atoms with Gasteiger partial charge >= 0.3 is 0 Å². The van der Waals surface area contributed by atoms with Crippen LogP contribution in [-0.4, -0.2) is 71.3 Å². The molecule has 8 heteroatoms. The number of carbonyl (C=O) groups excluding carboxylic acids is 3. The van der Waals surface area contributed by atoms with Crippen molar-refractivity contribution in [1.82, 2.24) is 14.8 Å². The van der Waals surface area contributed by atoms with E-state index in [1.54, 1.807) is 53.7 Å². The topological polar surface area (TPSA) is 83.1 Å². The van der Waals surface area contributed by atoms with Crippen LogP contribution in [-0.2, 0) is 9.59 Å². The minimum atomic E-state index is -0.486. The summed E-state index contributed by atoms with van der Waals surface area (Å²) >= 11 is 0. The molecule has 30 heavy (non-hydrogen) atoms. The van der Waals surface area contributed by atoms with Crippen molar-refractivity contribution in [3.8, 4) is 5.75 Å². The Bertz CT molecular complexity index is 924. The number of hydrogen-bond acceptors (Lipinski definition) is 6. The highest BCUT2D eigenvalue weighted by Crippen LogP contribution is 2.28. The molecule has 1 aromatic carbocycles. The highest BCUT2D eigenvalue weighted by molar-refractivity contribution is 6.22. The second-order valence-electron chi connectivity index (χ2n) is 7.28. The molecule has 4 rings (SSSR count). The van der Waals surface area contributed by atoms with Gasteiger partial charge in [0.15, 0.2) is 0 Å². The average Bonchev–Trinajstić information content (AvgIpc) is 3.09. The third-order valence-electron chi connectivity index (χ3n) is 5.48. The van der Waals surface area contributed by atoms with Crippen LogP contribution in [0.2, 0.25) is 0 Å². The van der Waals surface area contributed by atoms with Crippen molar-refractivity contribution in [2.75, 3.05) is 37.7 Å². The lowest BCUT2D eigenvalue weighted by Gasteiger charge is -2.37. The first-order valence-corrected chi connectivity index (χ1v) is 10.1. The molecule has 2 aromatic rings. The number of pyridine rings is 1. The van der Waals surface area contributed by atoms with E-state index in [4.69, 9.17) is 4.74 Å². The molecule has 2 fully saturated rings. The van der Waals surface area contributed by atoms with Crippen LogP contribution in [0.3, 0.4) is 0 Å². The molecule has 2 saturated heterocycles. The number of rotatable bonds is 5. The van der Waals surface area contributed by atoms with E-state index in [2.05, 4.69) is 4.98 Å². The number of imide groups is 1. The Morgan fingerprint density at radius 1 is 1.10 bits per heavy atom. The van der Waals surface area contributed by atoms with Gasteiger partial charge in [-0.1, -0.05) is 0 Å². The summed E-state index contributed by atoms with van der Waals surface area (Å²) in [5.41, 5.74) is 1.11. The van der Waals surface area contributed by atoms with Crippen molar-refractivity contribution < 1.29 is 19.1 Å². The second kappa shape index (κ2) is 8.62. The zero-order valence-electron chi connectivity index (χ0n) is 16.9. The molecule has 0 aliphatic carbocycles. The van der Waals surface area contributed by atoms with E-state index in [0.717, 1.165) is 0 Å². The standard InChI is InChI=1S/C22H24N4O4/c1-2-30-18-7-5-17(6-8-18)26-20(27)14-19(22(26)29)24-10-12-25(13-11-24)21(28)16-4-3-9-23-15-16/h3-9,15,19H,2,10-14H2,1H3. The average molecular weight is 408 g/mol. The predicted octanol–water partition coefficient (Wildman–Crippen LogP) is 1.57. The molecule has 2 aliphatic rings. The molecular formula is C22H24N4O4. The van der Waals surface area contributed by atoms with Crippen LogP contribution in [0.15, 0.2) is 48.8 Å². The zero-order chi connectivity index (χ0) is 21.1. The summed E-state index contributed by atoms with van der Waals surface area (Å²) in [5.74, 6) is 0.220. The first-order valence-electron chi connectivity index (χ1n) is 10.1. The quantitative estimate of drug-likeness (QED) is 0.699. The van der Waals surface area contributed by atoms with Crippen LogP contribution in [0.1, 0.15) is 23.7 Å². The van der Waals surface area contributed by atoms with E-state index in [9.17, 15) is 14.4 Å². The number of hydrogen-bond donors (Lipinski definition) is 0. The number of anilines is 1. The molecule has 3 heterocycles. The maximum absolute atomic E-state index is 13.0. The SMILES string of the molecule is CCOc1ccc(N2C(=O)CC(N3CCN(C(=O)c4cccnc4)CC3)C2=O)cc1. The fraction of sp³-hybridized carbons (Fsp3) is 0.364. The summed E-state index contributed by atoms with van der Waals surface area (Å²) in [5, 5.41) is 0. The molecule has 156 valence electrons. The normalized spacial score (nSPS) is 20.0.